The monoisotopic (exact) mass is 294 g/mol. The molecule has 21 heavy (non-hydrogen) atoms. The molecule has 1 aliphatic heterocycles. The second-order valence-electron chi connectivity index (χ2n) is 4.58. The van der Waals surface area contributed by atoms with E-state index >= 15 is 0 Å². The Bertz CT molecular complexity index is 503. The fourth-order valence-corrected chi connectivity index (χ4v) is 1.95. The average molecular weight is 294 g/mol. The van der Waals surface area contributed by atoms with Crippen LogP contribution in [0.3, 0.4) is 0 Å². The van der Waals surface area contributed by atoms with E-state index in [0.29, 0.717) is 24.6 Å². The molecule has 1 atom stereocenters. The van der Waals surface area contributed by atoms with Gasteiger partial charge in [0.15, 0.2) is 12.7 Å². The number of morpholine rings is 1. The predicted molar refractivity (Wildman–Crippen MR) is 74.7 cm³/mol. The lowest BCUT2D eigenvalue weighted by Crippen LogP contribution is -2.50. The molecule has 1 aromatic rings. The normalized spacial score (nSPS) is 18.1. The fraction of sp³-hybridized carbons (Fsp3) is 0.429. The molecule has 1 fully saturated rings. The van der Waals surface area contributed by atoms with Gasteiger partial charge in [-0.05, 0) is 24.3 Å². The molecule has 7 heteroatoms. The maximum absolute atomic E-state index is 12.1. The number of rotatable bonds is 4. The molecule has 114 valence electrons. The Morgan fingerprint density at radius 2 is 2.10 bits per heavy atom. The smallest absolute Gasteiger partial charge is 0.336 e. The van der Waals surface area contributed by atoms with E-state index in [1.165, 1.54) is 12.0 Å². The van der Waals surface area contributed by atoms with Gasteiger partial charge in [0.2, 0.25) is 0 Å². The number of ether oxygens (including phenoxy) is 3. The van der Waals surface area contributed by atoms with Gasteiger partial charge in [0.05, 0.1) is 20.3 Å². The topological polar surface area (TPSA) is 91.1 Å². The highest BCUT2D eigenvalue weighted by Gasteiger charge is 2.29. The van der Waals surface area contributed by atoms with Crippen LogP contribution in [0, 0.1) is 0 Å². The van der Waals surface area contributed by atoms with Gasteiger partial charge in [-0.3, -0.25) is 4.79 Å². The number of nitrogen functional groups attached to an aromatic ring is 1. The summed E-state index contributed by atoms with van der Waals surface area (Å²) in [6.07, 6.45) is -0.732. The number of nitrogens with two attached hydrogens (primary N) is 1. The molecule has 2 N–H and O–H groups in total. The zero-order valence-corrected chi connectivity index (χ0v) is 11.8. The van der Waals surface area contributed by atoms with Crippen molar-refractivity contribution in [3.05, 3.63) is 24.3 Å². The Morgan fingerprint density at radius 3 is 2.76 bits per heavy atom. The van der Waals surface area contributed by atoms with Crippen LogP contribution in [-0.4, -0.2) is 56.3 Å². The van der Waals surface area contributed by atoms with E-state index in [1.54, 1.807) is 24.3 Å². The minimum Gasteiger partial charge on any atom is -0.484 e. The lowest BCUT2D eigenvalue weighted by Gasteiger charge is -2.31. The first-order chi connectivity index (χ1) is 10.1. The minimum atomic E-state index is -0.732. The molecule has 1 unspecified atom stereocenters. The fourth-order valence-electron chi connectivity index (χ4n) is 1.95. The first-order valence-electron chi connectivity index (χ1n) is 6.55. The maximum atomic E-state index is 12.1. The molecule has 1 aromatic carbocycles. The van der Waals surface area contributed by atoms with Crippen molar-refractivity contribution in [2.75, 3.05) is 39.1 Å². The Balaban J connectivity index is 1.85. The van der Waals surface area contributed by atoms with Crippen molar-refractivity contribution in [3.8, 4) is 5.75 Å². The maximum Gasteiger partial charge on any atom is 0.336 e. The van der Waals surface area contributed by atoms with Crippen LogP contribution >= 0.6 is 0 Å². The van der Waals surface area contributed by atoms with E-state index in [9.17, 15) is 9.59 Å². The van der Waals surface area contributed by atoms with E-state index in [4.69, 9.17) is 15.2 Å². The number of benzene rings is 1. The van der Waals surface area contributed by atoms with Gasteiger partial charge in [-0.2, -0.15) is 0 Å². The van der Waals surface area contributed by atoms with E-state index in [-0.39, 0.29) is 19.1 Å². The van der Waals surface area contributed by atoms with Crippen LogP contribution in [0.1, 0.15) is 0 Å². The van der Waals surface area contributed by atoms with Gasteiger partial charge in [-0.25, -0.2) is 4.79 Å². The van der Waals surface area contributed by atoms with Gasteiger partial charge >= 0.3 is 5.97 Å². The molecule has 1 aliphatic rings. The summed E-state index contributed by atoms with van der Waals surface area (Å²) < 4.78 is 15.3. The van der Waals surface area contributed by atoms with Gasteiger partial charge in [-0.1, -0.05) is 0 Å². The second-order valence-corrected chi connectivity index (χ2v) is 4.58. The van der Waals surface area contributed by atoms with Gasteiger partial charge in [0.25, 0.3) is 5.91 Å². The molecular weight excluding hydrogens is 276 g/mol. The molecule has 1 heterocycles. The summed E-state index contributed by atoms with van der Waals surface area (Å²) in [6.45, 7) is 0.805. The molecule has 0 spiro atoms. The van der Waals surface area contributed by atoms with Crippen molar-refractivity contribution >= 4 is 17.6 Å². The number of hydrogen-bond acceptors (Lipinski definition) is 6. The highest BCUT2D eigenvalue weighted by molar-refractivity contribution is 5.80. The van der Waals surface area contributed by atoms with Crippen LogP contribution in [-0.2, 0) is 19.1 Å². The van der Waals surface area contributed by atoms with Crippen LogP contribution in [0.25, 0.3) is 0 Å². The van der Waals surface area contributed by atoms with Crippen LogP contribution in [0.5, 0.6) is 5.75 Å². The third-order valence-corrected chi connectivity index (χ3v) is 3.13. The van der Waals surface area contributed by atoms with E-state index in [1.807, 2.05) is 0 Å². The highest BCUT2D eigenvalue weighted by Crippen LogP contribution is 2.13. The molecule has 0 aromatic heterocycles. The van der Waals surface area contributed by atoms with E-state index in [0.717, 1.165) is 0 Å². The molecule has 0 radical (unpaired) electrons. The number of nitrogens with zero attached hydrogens (tertiary/aromatic N) is 1. The van der Waals surface area contributed by atoms with Crippen LogP contribution < -0.4 is 10.5 Å². The third kappa shape index (κ3) is 4.09. The van der Waals surface area contributed by atoms with Crippen molar-refractivity contribution in [1.82, 2.24) is 4.90 Å². The van der Waals surface area contributed by atoms with Gasteiger partial charge < -0.3 is 24.8 Å². The summed E-state index contributed by atoms with van der Waals surface area (Å²) in [4.78, 5) is 25.0. The van der Waals surface area contributed by atoms with Crippen molar-refractivity contribution in [2.45, 2.75) is 6.10 Å². The van der Waals surface area contributed by atoms with Crippen molar-refractivity contribution < 1.29 is 23.8 Å². The number of hydrogen-bond donors (Lipinski definition) is 1. The molecular formula is C14H18N2O5. The molecule has 1 saturated heterocycles. The predicted octanol–water partition coefficient (Wildman–Crippen LogP) is 0.0480. The summed E-state index contributed by atoms with van der Waals surface area (Å²) in [5.41, 5.74) is 6.20. The van der Waals surface area contributed by atoms with Gasteiger partial charge in [0.1, 0.15) is 5.75 Å². The molecule has 7 nitrogen and oxygen atoms in total. The number of esters is 1. The third-order valence-electron chi connectivity index (χ3n) is 3.13. The quantitative estimate of drug-likeness (QED) is 0.623. The Labute approximate surface area is 122 Å². The standard InChI is InChI=1S/C14H18N2O5/c1-19-14(18)12-8-16(6-7-20-12)13(17)9-21-11-4-2-10(15)3-5-11/h2-5,12H,6-9,15H2,1H3. The number of methoxy groups -OCH3 is 1. The summed E-state index contributed by atoms with van der Waals surface area (Å²) in [5, 5.41) is 0. The number of carbonyl (C=O) groups is 2. The molecule has 0 aliphatic carbocycles. The van der Waals surface area contributed by atoms with Crippen molar-refractivity contribution in [3.63, 3.8) is 0 Å². The summed E-state index contributed by atoms with van der Waals surface area (Å²) >= 11 is 0. The summed E-state index contributed by atoms with van der Waals surface area (Å²) in [7, 11) is 1.29. The Morgan fingerprint density at radius 1 is 1.38 bits per heavy atom. The van der Waals surface area contributed by atoms with Crippen LogP contribution in [0.15, 0.2) is 24.3 Å². The van der Waals surface area contributed by atoms with E-state index < -0.39 is 12.1 Å². The zero-order chi connectivity index (χ0) is 15.2. The molecule has 0 bridgehead atoms. The minimum absolute atomic E-state index is 0.0994. The number of anilines is 1. The molecule has 0 saturated carbocycles. The summed E-state index contributed by atoms with van der Waals surface area (Å²) in [5.74, 6) is -0.119. The first kappa shape index (κ1) is 15.1. The van der Waals surface area contributed by atoms with Crippen LogP contribution in [0.2, 0.25) is 0 Å². The Kier molecular flexibility index (Phi) is 4.99. The lowest BCUT2D eigenvalue weighted by molar-refractivity contribution is -0.163. The Hall–Kier alpha value is -2.28. The molecule has 1 amide bonds. The second kappa shape index (κ2) is 6.94. The van der Waals surface area contributed by atoms with Gasteiger partial charge in [0, 0.05) is 12.2 Å². The first-order valence-corrected chi connectivity index (χ1v) is 6.55. The van der Waals surface area contributed by atoms with E-state index in [2.05, 4.69) is 4.74 Å². The zero-order valence-electron chi connectivity index (χ0n) is 11.8. The largest absolute Gasteiger partial charge is 0.484 e. The molecule has 2 rings (SSSR count). The number of amides is 1. The van der Waals surface area contributed by atoms with Gasteiger partial charge in [-0.15, -0.1) is 0 Å². The SMILES string of the molecule is COC(=O)C1CN(C(=O)COc2ccc(N)cc2)CCO1. The average Bonchev–Trinajstić information content (AvgIpc) is 2.53. The van der Waals surface area contributed by atoms with Crippen LogP contribution in [0.4, 0.5) is 5.69 Å². The summed E-state index contributed by atoms with van der Waals surface area (Å²) in [6, 6.07) is 6.78. The lowest BCUT2D eigenvalue weighted by atomic mass is 10.2. The van der Waals surface area contributed by atoms with Crippen molar-refractivity contribution in [2.24, 2.45) is 0 Å². The highest BCUT2D eigenvalue weighted by atomic mass is 16.6. The van der Waals surface area contributed by atoms with Crippen molar-refractivity contribution in [1.29, 1.82) is 0 Å². The number of carbonyl (C=O) groups excluding carboxylic acids is 2.